The second-order valence-electron chi connectivity index (χ2n) is 3.93. The zero-order chi connectivity index (χ0) is 13.4. The van der Waals surface area contributed by atoms with E-state index in [1.807, 2.05) is 6.92 Å². The van der Waals surface area contributed by atoms with Gasteiger partial charge >= 0.3 is 6.18 Å². The topological polar surface area (TPSA) is 21.3 Å². The van der Waals surface area contributed by atoms with Crippen LogP contribution in [0.2, 0.25) is 0 Å². The van der Waals surface area contributed by atoms with Crippen LogP contribution in [-0.4, -0.2) is 19.7 Å². The smallest absolute Gasteiger partial charge is 0.416 e. The summed E-state index contributed by atoms with van der Waals surface area (Å²) in [6.07, 6.45) is -2.41. The van der Waals surface area contributed by atoms with E-state index in [2.05, 4.69) is 5.32 Å². The minimum Gasteiger partial charge on any atom is -0.494 e. The molecule has 0 aliphatic rings. The van der Waals surface area contributed by atoms with Crippen LogP contribution in [0.3, 0.4) is 0 Å². The Morgan fingerprint density at radius 3 is 2.33 bits per heavy atom. The fourth-order valence-corrected chi connectivity index (χ4v) is 1.46. The van der Waals surface area contributed by atoms with Crippen molar-refractivity contribution in [1.29, 1.82) is 0 Å². The van der Waals surface area contributed by atoms with Crippen LogP contribution in [0, 0.1) is 0 Å². The number of halogens is 3. The summed E-state index contributed by atoms with van der Waals surface area (Å²) >= 11 is 0. The highest BCUT2D eigenvalue weighted by molar-refractivity contribution is 5.28. The number of nitrogens with one attached hydrogen (secondary N) is 1. The van der Waals surface area contributed by atoms with Crippen molar-refractivity contribution in [2.45, 2.75) is 25.9 Å². The number of hydrogen-bond acceptors (Lipinski definition) is 2. The van der Waals surface area contributed by atoms with Crippen LogP contribution in [0.1, 0.15) is 25.3 Å². The monoisotopic (exact) mass is 261 g/mol. The zero-order valence-electron chi connectivity index (χ0n) is 10.4. The molecule has 0 bridgehead atoms. The molecule has 0 radical (unpaired) electrons. The fraction of sp³-hybridized carbons (Fsp3) is 0.538. The standard InChI is InChI=1S/C13H18F3NO/c1-2-17-9-3-4-10-18-12-7-5-11(6-8-12)13(14,15)16/h5-8,17H,2-4,9-10H2,1H3. The molecule has 0 amide bonds. The van der Waals surface area contributed by atoms with Crippen LogP contribution < -0.4 is 10.1 Å². The Labute approximate surface area is 105 Å². The summed E-state index contributed by atoms with van der Waals surface area (Å²) in [5.41, 5.74) is -0.651. The van der Waals surface area contributed by atoms with Gasteiger partial charge < -0.3 is 10.1 Å². The van der Waals surface area contributed by atoms with Gasteiger partial charge in [-0.3, -0.25) is 0 Å². The number of unbranched alkanes of at least 4 members (excludes halogenated alkanes) is 1. The van der Waals surface area contributed by atoms with Gasteiger partial charge in [-0.25, -0.2) is 0 Å². The summed E-state index contributed by atoms with van der Waals surface area (Å²) in [6.45, 7) is 4.45. The molecule has 0 unspecified atom stereocenters. The summed E-state index contributed by atoms with van der Waals surface area (Å²) in [6, 6.07) is 4.78. The third-order valence-electron chi connectivity index (χ3n) is 2.45. The van der Waals surface area contributed by atoms with Gasteiger partial charge in [-0.15, -0.1) is 0 Å². The first kappa shape index (κ1) is 14.8. The lowest BCUT2D eigenvalue weighted by molar-refractivity contribution is -0.137. The van der Waals surface area contributed by atoms with Crippen molar-refractivity contribution in [3.63, 3.8) is 0 Å². The summed E-state index contributed by atoms with van der Waals surface area (Å²) in [5, 5.41) is 3.19. The Hall–Kier alpha value is -1.23. The van der Waals surface area contributed by atoms with Crippen molar-refractivity contribution in [2.24, 2.45) is 0 Å². The molecule has 1 N–H and O–H groups in total. The lowest BCUT2D eigenvalue weighted by atomic mass is 10.2. The van der Waals surface area contributed by atoms with E-state index in [-0.39, 0.29) is 0 Å². The van der Waals surface area contributed by atoms with Crippen molar-refractivity contribution < 1.29 is 17.9 Å². The quantitative estimate of drug-likeness (QED) is 0.759. The van der Waals surface area contributed by atoms with Gasteiger partial charge in [-0.1, -0.05) is 6.92 Å². The van der Waals surface area contributed by atoms with Crippen LogP contribution in [0.15, 0.2) is 24.3 Å². The molecule has 0 fully saturated rings. The maximum Gasteiger partial charge on any atom is 0.416 e. The first-order valence-electron chi connectivity index (χ1n) is 6.05. The normalized spacial score (nSPS) is 11.6. The largest absolute Gasteiger partial charge is 0.494 e. The average Bonchev–Trinajstić information content (AvgIpc) is 2.33. The molecule has 0 spiro atoms. The van der Waals surface area contributed by atoms with Gasteiger partial charge in [0.1, 0.15) is 5.75 Å². The molecule has 2 nitrogen and oxygen atoms in total. The van der Waals surface area contributed by atoms with Crippen LogP contribution in [0.25, 0.3) is 0 Å². The molecular formula is C13H18F3NO. The van der Waals surface area contributed by atoms with E-state index in [9.17, 15) is 13.2 Å². The minimum absolute atomic E-state index is 0.478. The van der Waals surface area contributed by atoms with Gasteiger partial charge in [0.2, 0.25) is 0 Å². The lowest BCUT2D eigenvalue weighted by Gasteiger charge is -2.09. The molecule has 18 heavy (non-hydrogen) atoms. The van der Waals surface area contributed by atoms with Gasteiger partial charge in [0.05, 0.1) is 12.2 Å². The number of ether oxygens (including phenoxy) is 1. The van der Waals surface area contributed by atoms with E-state index in [1.165, 1.54) is 12.1 Å². The Morgan fingerprint density at radius 1 is 1.11 bits per heavy atom. The highest BCUT2D eigenvalue weighted by atomic mass is 19.4. The molecule has 0 heterocycles. The van der Waals surface area contributed by atoms with Crippen LogP contribution >= 0.6 is 0 Å². The third kappa shape index (κ3) is 5.40. The van der Waals surface area contributed by atoms with Crippen molar-refractivity contribution >= 4 is 0 Å². The number of hydrogen-bond donors (Lipinski definition) is 1. The fourth-order valence-electron chi connectivity index (χ4n) is 1.46. The number of rotatable bonds is 7. The van der Waals surface area contributed by atoms with E-state index < -0.39 is 11.7 Å². The molecule has 1 rings (SSSR count). The Kier molecular flexibility index (Phi) is 5.98. The molecule has 0 aliphatic heterocycles. The minimum atomic E-state index is -4.29. The molecule has 0 saturated heterocycles. The second kappa shape index (κ2) is 7.26. The Balaban J connectivity index is 2.27. The van der Waals surface area contributed by atoms with E-state index in [1.54, 1.807) is 0 Å². The van der Waals surface area contributed by atoms with Crippen molar-refractivity contribution in [3.8, 4) is 5.75 Å². The van der Waals surface area contributed by atoms with Gasteiger partial charge in [0.15, 0.2) is 0 Å². The van der Waals surface area contributed by atoms with Crippen LogP contribution in [-0.2, 0) is 6.18 Å². The Morgan fingerprint density at radius 2 is 1.78 bits per heavy atom. The van der Waals surface area contributed by atoms with E-state index in [0.29, 0.717) is 12.4 Å². The second-order valence-corrected chi connectivity index (χ2v) is 3.93. The van der Waals surface area contributed by atoms with E-state index >= 15 is 0 Å². The summed E-state index contributed by atoms with van der Waals surface area (Å²) in [7, 11) is 0. The number of alkyl halides is 3. The molecule has 1 aromatic rings. The molecular weight excluding hydrogens is 243 g/mol. The highest BCUT2D eigenvalue weighted by Crippen LogP contribution is 2.30. The Bertz CT molecular complexity index is 335. The van der Waals surface area contributed by atoms with Crippen LogP contribution in [0.4, 0.5) is 13.2 Å². The predicted molar refractivity (Wildman–Crippen MR) is 64.7 cm³/mol. The van der Waals surface area contributed by atoms with Gasteiger partial charge in [-0.05, 0) is 50.2 Å². The van der Waals surface area contributed by atoms with Crippen molar-refractivity contribution in [1.82, 2.24) is 5.32 Å². The predicted octanol–water partition coefficient (Wildman–Crippen LogP) is 3.47. The maximum absolute atomic E-state index is 12.3. The number of benzene rings is 1. The SMILES string of the molecule is CCNCCCCOc1ccc(C(F)(F)F)cc1. The van der Waals surface area contributed by atoms with Gasteiger partial charge in [-0.2, -0.15) is 13.2 Å². The first-order chi connectivity index (χ1) is 8.54. The average molecular weight is 261 g/mol. The molecule has 1 aromatic carbocycles. The molecule has 0 atom stereocenters. The maximum atomic E-state index is 12.3. The summed E-state index contributed by atoms with van der Waals surface area (Å²) in [5.74, 6) is 0.478. The van der Waals surface area contributed by atoms with Crippen molar-refractivity contribution in [2.75, 3.05) is 19.7 Å². The zero-order valence-corrected chi connectivity index (χ0v) is 10.4. The summed E-state index contributed by atoms with van der Waals surface area (Å²) < 4.78 is 42.2. The van der Waals surface area contributed by atoms with E-state index in [4.69, 9.17) is 4.74 Å². The van der Waals surface area contributed by atoms with Gasteiger partial charge in [0.25, 0.3) is 0 Å². The molecule has 102 valence electrons. The highest BCUT2D eigenvalue weighted by Gasteiger charge is 2.29. The van der Waals surface area contributed by atoms with Crippen LogP contribution in [0.5, 0.6) is 5.75 Å². The summed E-state index contributed by atoms with van der Waals surface area (Å²) in [4.78, 5) is 0. The molecule has 0 aromatic heterocycles. The molecule has 5 heteroatoms. The molecule has 0 saturated carbocycles. The lowest BCUT2D eigenvalue weighted by Crippen LogP contribution is -2.14. The third-order valence-corrected chi connectivity index (χ3v) is 2.45. The van der Waals surface area contributed by atoms with Crippen molar-refractivity contribution in [3.05, 3.63) is 29.8 Å². The van der Waals surface area contributed by atoms with Gasteiger partial charge in [0, 0.05) is 0 Å². The first-order valence-corrected chi connectivity index (χ1v) is 6.05. The molecule has 0 aliphatic carbocycles. The van der Waals surface area contributed by atoms with E-state index in [0.717, 1.165) is 38.1 Å².